The lowest BCUT2D eigenvalue weighted by Gasteiger charge is -2.09. The van der Waals surface area contributed by atoms with Crippen LogP contribution in [0.2, 0.25) is 0 Å². The zero-order valence-corrected chi connectivity index (χ0v) is 13.3. The lowest BCUT2D eigenvalue weighted by molar-refractivity contribution is 0.0955. The highest BCUT2D eigenvalue weighted by atomic mass is 16.3. The number of hydrogen-bond donors (Lipinski definition) is 3. The zero-order chi connectivity index (χ0) is 18.5. The summed E-state index contributed by atoms with van der Waals surface area (Å²) in [6, 6.07) is 11.3. The number of hydrazone groups is 1. The van der Waals surface area contributed by atoms with E-state index in [1.807, 2.05) is 0 Å². The Labute approximate surface area is 146 Å². The third kappa shape index (κ3) is 3.41. The van der Waals surface area contributed by atoms with Crippen LogP contribution in [-0.4, -0.2) is 31.8 Å². The number of hydrogen-bond acceptors (Lipinski definition) is 6. The lowest BCUT2D eigenvalue weighted by Crippen LogP contribution is -2.31. The minimum Gasteiger partial charge on any atom is -0.493 e. The van der Waals surface area contributed by atoms with Crippen LogP contribution in [0.5, 0.6) is 5.88 Å². The van der Waals surface area contributed by atoms with Crippen molar-refractivity contribution >= 4 is 12.1 Å². The van der Waals surface area contributed by atoms with Crippen LogP contribution in [0.15, 0.2) is 69.5 Å². The molecule has 0 bridgehead atoms. The molecule has 0 radical (unpaired) electrons. The second-order valence-electron chi connectivity index (χ2n) is 5.10. The minimum absolute atomic E-state index is 0.275. The number of rotatable bonds is 4. The number of nitrogens with zero attached hydrogens (tertiary/aromatic N) is 3. The number of nitrogens with one attached hydrogen (secondary N) is 2. The number of aromatic hydroxyl groups is 1. The van der Waals surface area contributed by atoms with Gasteiger partial charge in [0.1, 0.15) is 5.56 Å². The number of amides is 1. The molecule has 0 saturated heterocycles. The molecule has 0 aliphatic carbocycles. The smallest absolute Gasteiger partial charge is 0.335 e. The van der Waals surface area contributed by atoms with Gasteiger partial charge in [0.25, 0.3) is 11.5 Å². The van der Waals surface area contributed by atoms with Gasteiger partial charge in [0, 0.05) is 18.0 Å². The molecule has 2 aromatic heterocycles. The first-order valence-electron chi connectivity index (χ1n) is 7.45. The van der Waals surface area contributed by atoms with Gasteiger partial charge in [-0.25, -0.2) is 14.8 Å². The average Bonchev–Trinajstić information content (AvgIpc) is 2.65. The molecule has 130 valence electrons. The number of carbonyl (C=O) groups is 1. The average molecular weight is 351 g/mol. The van der Waals surface area contributed by atoms with Gasteiger partial charge < -0.3 is 5.11 Å². The fourth-order valence-corrected chi connectivity index (χ4v) is 2.19. The van der Waals surface area contributed by atoms with Crippen molar-refractivity contribution in [3.8, 4) is 11.6 Å². The van der Waals surface area contributed by atoms with Crippen LogP contribution in [0, 0.1) is 0 Å². The summed E-state index contributed by atoms with van der Waals surface area (Å²) in [5.74, 6) is -1.11. The Kier molecular flexibility index (Phi) is 4.70. The van der Waals surface area contributed by atoms with E-state index >= 15 is 0 Å². The van der Waals surface area contributed by atoms with Gasteiger partial charge in [-0.3, -0.25) is 19.6 Å². The van der Waals surface area contributed by atoms with Gasteiger partial charge in [-0.05, 0) is 24.3 Å². The first-order chi connectivity index (χ1) is 12.6. The molecular formula is C17H13N5O4. The Morgan fingerprint density at radius 3 is 2.54 bits per heavy atom. The monoisotopic (exact) mass is 351 g/mol. The number of H-pyrrole nitrogens is 1. The molecule has 1 aromatic carbocycles. The van der Waals surface area contributed by atoms with Crippen LogP contribution in [0.4, 0.5) is 0 Å². The first-order valence-corrected chi connectivity index (χ1v) is 7.45. The first kappa shape index (κ1) is 16.8. The Bertz CT molecular complexity index is 1070. The Hall–Kier alpha value is -4.01. The maximum absolute atomic E-state index is 12.0. The summed E-state index contributed by atoms with van der Waals surface area (Å²) in [4.78, 5) is 41.7. The van der Waals surface area contributed by atoms with Crippen LogP contribution < -0.4 is 16.7 Å². The van der Waals surface area contributed by atoms with Gasteiger partial charge in [-0.2, -0.15) is 5.10 Å². The van der Waals surface area contributed by atoms with E-state index in [4.69, 9.17) is 0 Å². The summed E-state index contributed by atoms with van der Waals surface area (Å²) >= 11 is 0. The van der Waals surface area contributed by atoms with E-state index < -0.39 is 23.0 Å². The van der Waals surface area contributed by atoms with E-state index in [2.05, 4.69) is 20.5 Å². The third-order valence-corrected chi connectivity index (χ3v) is 3.44. The van der Waals surface area contributed by atoms with Crippen LogP contribution >= 0.6 is 0 Å². The number of aromatic amines is 1. The highest BCUT2D eigenvalue weighted by molar-refractivity contribution is 5.94. The molecule has 0 aliphatic rings. The van der Waals surface area contributed by atoms with Gasteiger partial charge in [0.05, 0.1) is 11.9 Å². The molecule has 9 nitrogen and oxygen atoms in total. The number of pyridine rings is 1. The van der Waals surface area contributed by atoms with Crippen molar-refractivity contribution in [2.75, 3.05) is 0 Å². The fourth-order valence-electron chi connectivity index (χ4n) is 2.19. The van der Waals surface area contributed by atoms with Crippen LogP contribution in [0.25, 0.3) is 5.69 Å². The molecule has 0 spiro atoms. The minimum atomic E-state index is -0.832. The van der Waals surface area contributed by atoms with Crippen molar-refractivity contribution in [1.82, 2.24) is 20.0 Å². The fraction of sp³-hybridized carbons (Fsp3) is 0. The molecule has 9 heteroatoms. The van der Waals surface area contributed by atoms with Crippen molar-refractivity contribution in [1.29, 1.82) is 0 Å². The van der Waals surface area contributed by atoms with Crippen LogP contribution in [0.3, 0.4) is 0 Å². The molecular weight excluding hydrogens is 338 g/mol. The molecule has 2 heterocycles. The molecule has 3 N–H and O–H groups in total. The third-order valence-electron chi connectivity index (χ3n) is 3.44. The van der Waals surface area contributed by atoms with E-state index in [0.29, 0.717) is 11.3 Å². The van der Waals surface area contributed by atoms with Crippen molar-refractivity contribution < 1.29 is 9.90 Å². The summed E-state index contributed by atoms with van der Waals surface area (Å²) in [6.07, 6.45) is 3.86. The Morgan fingerprint density at radius 2 is 1.85 bits per heavy atom. The maximum Gasteiger partial charge on any atom is 0.335 e. The highest BCUT2D eigenvalue weighted by Gasteiger charge is 2.14. The lowest BCUT2D eigenvalue weighted by atomic mass is 10.2. The maximum atomic E-state index is 12.0. The van der Waals surface area contributed by atoms with E-state index in [0.717, 1.165) is 10.8 Å². The SMILES string of the molecule is O=C(N/N=C\c1c(O)n(-c2ccccc2)c(=O)[nH]c1=O)c1ccncc1. The van der Waals surface area contributed by atoms with E-state index in [-0.39, 0.29) is 5.56 Å². The van der Waals surface area contributed by atoms with Gasteiger partial charge in [-0.15, -0.1) is 0 Å². The molecule has 0 unspecified atom stereocenters. The standard InChI is InChI=1S/C17H13N5O4/c23-14(11-6-8-18-9-7-11)21-19-10-13-15(24)20-17(26)22(16(13)25)12-4-2-1-3-5-12/h1-10,25H,(H,21,23)(H,20,24,26)/b19-10-. The van der Waals surface area contributed by atoms with E-state index in [1.54, 1.807) is 30.3 Å². The van der Waals surface area contributed by atoms with Gasteiger partial charge in [-0.1, -0.05) is 18.2 Å². The van der Waals surface area contributed by atoms with Crippen molar-refractivity contribution in [3.05, 3.63) is 86.8 Å². The van der Waals surface area contributed by atoms with Crippen LogP contribution in [0.1, 0.15) is 15.9 Å². The normalized spacial score (nSPS) is 10.8. The predicted octanol–water partition coefficient (Wildman–Crippen LogP) is 0.390. The van der Waals surface area contributed by atoms with E-state index in [9.17, 15) is 19.5 Å². The molecule has 3 aromatic rings. The Balaban J connectivity index is 1.92. The molecule has 1 amide bonds. The molecule has 0 atom stereocenters. The predicted molar refractivity (Wildman–Crippen MR) is 93.6 cm³/mol. The molecule has 0 fully saturated rings. The number of carbonyl (C=O) groups excluding carboxylic acids is 1. The molecule has 26 heavy (non-hydrogen) atoms. The highest BCUT2D eigenvalue weighted by Crippen LogP contribution is 2.14. The van der Waals surface area contributed by atoms with E-state index in [1.165, 1.54) is 24.5 Å². The second-order valence-corrected chi connectivity index (χ2v) is 5.10. The second kappa shape index (κ2) is 7.26. The molecule has 0 aliphatic heterocycles. The largest absolute Gasteiger partial charge is 0.493 e. The summed E-state index contributed by atoms with van der Waals surface area (Å²) in [7, 11) is 0. The van der Waals surface area contributed by atoms with Crippen LogP contribution in [-0.2, 0) is 0 Å². The topological polar surface area (TPSA) is 129 Å². The van der Waals surface area contributed by atoms with Gasteiger partial charge in [0.2, 0.25) is 5.88 Å². The summed E-state index contributed by atoms with van der Waals surface area (Å²) in [5, 5.41) is 14.0. The van der Waals surface area contributed by atoms with Crippen molar-refractivity contribution in [2.24, 2.45) is 5.10 Å². The van der Waals surface area contributed by atoms with Gasteiger partial charge in [0.15, 0.2) is 0 Å². The number of benzene rings is 1. The molecule has 0 saturated carbocycles. The molecule has 3 rings (SSSR count). The van der Waals surface area contributed by atoms with Crippen molar-refractivity contribution in [3.63, 3.8) is 0 Å². The zero-order valence-electron chi connectivity index (χ0n) is 13.3. The quantitative estimate of drug-likeness (QED) is 0.462. The van der Waals surface area contributed by atoms with Gasteiger partial charge >= 0.3 is 5.69 Å². The number of aromatic nitrogens is 3. The summed E-state index contributed by atoms with van der Waals surface area (Å²) in [5.41, 5.74) is 1.01. The summed E-state index contributed by atoms with van der Waals surface area (Å²) < 4.78 is 0.924. The summed E-state index contributed by atoms with van der Waals surface area (Å²) in [6.45, 7) is 0. The van der Waals surface area contributed by atoms with Crippen molar-refractivity contribution in [2.45, 2.75) is 0 Å². The Morgan fingerprint density at radius 1 is 1.15 bits per heavy atom. The number of para-hydroxylation sites is 1.